The monoisotopic (exact) mass is 237 g/mol. The van der Waals surface area contributed by atoms with Crippen molar-refractivity contribution in [3.05, 3.63) is 49.2 Å². The van der Waals surface area contributed by atoms with Crippen molar-refractivity contribution in [3.63, 3.8) is 0 Å². The first-order valence-electron chi connectivity index (χ1n) is 4.03. The van der Waals surface area contributed by atoms with Gasteiger partial charge in [0.05, 0.1) is 0 Å². The van der Waals surface area contributed by atoms with Gasteiger partial charge < -0.3 is 6.92 Å². The van der Waals surface area contributed by atoms with Crippen molar-refractivity contribution in [2.45, 2.75) is 20.3 Å². The third-order valence-corrected chi connectivity index (χ3v) is 1.39. The molecule has 1 aromatic rings. The predicted octanol–water partition coefficient (Wildman–Crippen LogP) is 3.27. The molecule has 0 fully saturated rings. The molecule has 0 aliphatic rings. The van der Waals surface area contributed by atoms with Crippen LogP contribution in [0.25, 0.3) is 0 Å². The minimum absolute atomic E-state index is 0. The van der Waals surface area contributed by atoms with Crippen LogP contribution in [-0.2, 0) is 39.1 Å². The van der Waals surface area contributed by atoms with Crippen molar-refractivity contribution >= 4 is 0 Å². The third kappa shape index (κ3) is 4.95. The quantitative estimate of drug-likeness (QED) is 0.657. The molecule has 0 aliphatic heterocycles. The van der Waals surface area contributed by atoms with E-state index < -0.39 is 0 Å². The van der Waals surface area contributed by atoms with Gasteiger partial charge in [0.2, 0.25) is 0 Å². The first-order chi connectivity index (χ1) is 5.34. The van der Waals surface area contributed by atoms with E-state index in [1.54, 1.807) is 0 Å². The van der Waals surface area contributed by atoms with Crippen LogP contribution in [-0.4, -0.2) is 0 Å². The first kappa shape index (κ1) is 14.7. The van der Waals surface area contributed by atoms with E-state index in [-0.39, 0.29) is 32.7 Å². The van der Waals surface area contributed by atoms with Crippen molar-refractivity contribution in [2.75, 3.05) is 0 Å². The van der Waals surface area contributed by atoms with Crippen LogP contribution in [0.2, 0.25) is 0 Å². The molecule has 0 N–H and O–H groups in total. The van der Waals surface area contributed by atoms with Gasteiger partial charge in [0, 0.05) is 32.7 Å². The standard InChI is InChI=1S/C9H10.C2H6.Y/c1-3-9-7-5-4-6-8(9)2;1-2;/h4-7H,1-3H2;1-2H3;/q-2;;. The Kier molecular flexibility index (Phi) is 11.4. The molecule has 12 heavy (non-hydrogen) atoms. The van der Waals surface area contributed by atoms with Gasteiger partial charge in [-0.2, -0.15) is 24.1 Å². The van der Waals surface area contributed by atoms with E-state index in [1.807, 2.05) is 32.0 Å². The van der Waals surface area contributed by atoms with Crippen LogP contribution in [0.5, 0.6) is 0 Å². The average Bonchev–Trinajstić information content (AvgIpc) is 2.09. The second-order valence-corrected chi connectivity index (χ2v) is 2.02. The van der Waals surface area contributed by atoms with Crippen molar-refractivity contribution < 1.29 is 32.7 Å². The zero-order valence-electron chi connectivity index (χ0n) is 8.01. The summed E-state index contributed by atoms with van der Waals surface area (Å²) in [5, 5.41) is 0. The average molecular weight is 237 g/mol. The summed E-state index contributed by atoms with van der Waals surface area (Å²) in [7, 11) is 0. The van der Waals surface area contributed by atoms with E-state index in [9.17, 15) is 0 Å². The minimum atomic E-state index is 0. The molecule has 0 heterocycles. The van der Waals surface area contributed by atoms with Crippen molar-refractivity contribution in [3.8, 4) is 0 Å². The van der Waals surface area contributed by atoms with Crippen LogP contribution < -0.4 is 0 Å². The van der Waals surface area contributed by atoms with Gasteiger partial charge in [-0.1, -0.05) is 19.9 Å². The zero-order chi connectivity index (χ0) is 8.69. The van der Waals surface area contributed by atoms with Crippen LogP contribution in [0.3, 0.4) is 0 Å². The minimum Gasteiger partial charge on any atom is -0.350 e. The van der Waals surface area contributed by atoms with Gasteiger partial charge in [-0.15, -0.1) is 12.1 Å². The van der Waals surface area contributed by atoms with Gasteiger partial charge in [-0.05, 0) is 0 Å². The molecular formula is C11H16Y-2. The molecule has 0 aliphatic carbocycles. The Morgan fingerprint density at radius 1 is 1.17 bits per heavy atom. The summed E-state index contributed by atoms with van der Waals surface area (Å²) in [6.45, 7) is 11.6. The van der Waals surface area contributed by atoms with Gasteiger partial charge in [0.25, 0.3) is 0 Å². The topological polar surface area (TPSA) is 0 Å². The maximum absolute atomic E-state index is 3.85. The molecular weight excluding hydrogens is 221 g/mol. The maximum atomic E-state index is 3.85. The molecule has 0 aromatic heterocycles. The summed E-state index contributed by atoms with van der Waals surface area (Å²) in [5.74, 6) is 0. The Balaban J connectivity index is 0. The third-order valence-electron chi connectivity index (χ3n) is 1.39. The van der Waals surface area contributed by atoms with Crippen LogP contribution in [0.15, 0.2) is 24.3 Å². The molecule has 0 atom stereocenters. The van der Waals surface area contributed by atoms with Crippen molar-refractivity contribution in [1.82, 2.24) is 0 Å². The normalized spacial score (nSPS) is 7.58. The number of hydrogen-bond acceptors (Lipinski definition) is 0. The fourth-order valence-corrected chi connectivity index (χ4v) is 0.801. The fraction of sp³-hybridized carbons (Fsp3) is 0.273. The van der Waals surface area contributed by atoms with E-state index in [0.717, 1.165) is 12.0 Å². The summed E-state index contributed by atoms with van der Waals surface area (Å²) in [4.78, 5) is 0. The fourth-order valence-electron chi connectivity index (χ4n) is 0.801. The van der Waals surface area contributed by atoms with Crippen LogP contribution >= 0.6 is 0 Å². The Labute approximate surface area is 102 Å². The molecule has 0 nitrogen and oxygen atoms in total. The summed E-state index contributed by atoms with van der Waals surface area (Å²) < 4.78 is 0. The van der Waals surface area contributed by atoms with Gasteiger partial charge in [0.15, 0.2) is 0 Å². The van der Waals surface area contributed by atoms with Crippen molar-refractivity contribution in [1.29, 1.82) is 0 Å². The number of hydrogen-bond donors (Lipinski definition) is 0. The molecule has 0 spiro atoms. The molecule has 0 unspecified atom stereocenters. The molecule has 0 saturated carbocycles. The molecule has 1 radical (unpaired) electrons. The largest absolute Gasteiger partial charge is 0.350 e. The molecule has 0 amide bonds. The zero-order valence-corrected chi connectivity index (χ0v) is 10.8. The van der Waals surface area contributed by atoms with Gasteiger partial charge in [-0.25, -0.2) is 6.42 Å². The molecule has 0 saturated heterocycles. The van der Waals surface area contributed by atoms with E-state index in [0.29, 0.717) is 0 Å². The molecule has 1 heteroatoms. The smallest absolute Gasteiger partial charge is 0 e. The second-order valence-electron chi connectivity index (χ2n) is 2.02. The Bertz CT molecular complexity index is 194. The second kappa shape index (κ2) is 9.28. The maximum Gasteiger partial charge on any atom is 0 e. The van der Waals surface area contributed by atoms with Gasteiger partial charge in [0.1, 0.15) is 0 Å². The van der Waals surface area contributed by atoms with Crippen molar-refractivity contribution in [2.24, 2.45) is 0 Å². The Morgan fingerprint density at radius 2 is 1.67 bits per heavy atom. The summed E-state index contributed by atoms with van der Waals surface area (Å²) in [6, 6.07) is 8.05. The molecule has 1 rings (SSSR count). The molecule has 1 aromatic carbocycles. The summed E-state index contributed by atoms with van der Waals surface area (Å²) in [6.07, 6.45) is 0.833. The van der Waals surface area contributed by atoms with Gasteiger partial charge >= 0.3 is 0 Å². The molecule has 65 valence electrons. The Morgan fingerprint density at radius 3 is 2.00 bits per heavy atom. The number of benzene rings is 1. The predicted molar refractivity (Wildman–Crippen MR) is 51.3 cm³/mol. The van der Waals surface area contributed by atoms with Crippen LogP contribution in [0, 0.1) is 13.8 Å². The van der Waals surface area contributed by atoms with Crippen LogP contribution in [0.1, 0.15) is 25.0 Å². The summed E-state index contributed by atoms with van der Waals surface area (Å²) >= 11 is 0. The van der Waals surface area contributed by atoms with E-state index in [2.05, 4.69) is 19.9 Å². The van der Waals surface area contributed by atoms with E-state index in [4.69, 9.17) is 0 Å². The van der Waals surface area contributed by atoms with Gasteiger partial charge in [-0.3, -0.25) is 0 Å². The summed E-state index contributed by atoms with van der Waals surface area (Å²) in [5.41, 5.74) is 2.32. The number of rotatable bonds is 1. The van der Waals surface area contributed by atoms with E-state index >= 15 is 0 Å². The SMILES string of the molecule is CC.[CH2-]Cc1ccccc1[CH2-].[Y]. The molecule has 0 bridgehead atoms. The Hall–Kier alpha value is 0.194. The first-order valence-corrected chi connectivity index (χ1v) is 4.03. The van der Waals surface area contributed by atoms with E-state index in [1.165, 1.54) is 5.56 Å². The van der Waals surface area contributed by atoms with Crippen LogP contribution in [0.4, 0.5) is 0 Å².